The van der Waals surface area contributed by atoms with Gasteiger partial charge in [0.25, 0.3) is 0 Å². The summed E-state index contributed by atoms with van der Waals surface area (Å²) in [5.74, 6) is 1.49. The van der Waals surface area contributed by atoms with Gasteiger partial charge in [-0.2, -0.15) is 0 Å². The first-order chi connectivity index (χ1) is 9.62. The average Bonchev–Trinajstić information content (AvgIpc) is 2.42. The number of benzene rings is 1. The Morgan fingerprint density at radius 1 is 1.25 bits per heavy atom. The third kappa shape index (κ3) is 3.81. The molecule has 2 rings (SSSR count). The Hall–Kier alpha value is -1.39. The maximum atomic E-state index is 5.93. The minimum atomic E-state index is 0.653. The maximum Gasteiger partial charge on any atom is 0.219 e. The lowest BCUT2D eigenvalue weighted by atomic mass is 10.2. The van der Waals surface area contributed by atoms with Gasteiger partial charge < -0.3 is 10.1 Å². The van der Waals surface area contributed by atoms with Gasteiger partial charge in [-0.25, -0.2) is 4.98 Å². The van der Waals surface area contributed by atoms with Gasteiger partial charge in [-0.15, -0.1) is 0 Å². The van der Waals surface area contributed by atoms with E-state index < -0.39 is 0 Å². The highest BCUT2D eigenvalue weighted by molar-refractivity contribution is 9.10. The highest BCUT2D eigenvalue weighted by Gasteiger charge is 2.06. The van der Waals surface area contributed by atoms with Crippen molar-refractivity contribution in [3.63, 3.8) is 0 Å². The van der Waals surface area contributed by atoms with Gasteiger partial charge in [0, 0.05) is 22.8 Å². The summed E-state index contributed by atoms with van der Waals surface area (Å²) in [6.07, 6.45) is 0.896. The Kier molecular flexibility index (Phi) is 5.15. The summed E-state index contributed by atoms with van der Waals surface area (Å²) < 4.78 is 6.98. The van der Waals surface area contributed by atoms with E-state index in [-0.39, 0.29) is 0 Å². The summed E-state index contributed by atoms with van der Waals surface area (Å²) in [6, 6.07) is 10.1. The molecule has 4 heteroatoms. The van der Waals surface area contributed by atoms with Gasteiger partial charge in [0.1, 0.15) is 5.75 Å². The number of hydrogen-bond acceptors (Lipinski definition) is 3. The molecule has 106 valence electrons. The molecule has 0 bridgehead atoms. The van der Waals surface area contributed by atoms with Crippen LogP contribution in [0.4, 0.5) is 0 Å². The molecular formula is C16H19BrN2O. The molecular weight excluding hydrogens is 316 g/mol. The van der Waals surface area contributed by atoms with Crippen LogP contribution in [0.5, 0.6) is 11.6 Å². The van der Waals surface area contributed by atoms with Gasteiger partial charge in [-0.1, -0.05) is 22.9 Å². The van der Waals surface area contributed by atoms with Crippen molar-refractivity contribution < 1.29 is 4.74 Å². The van der Waals surface area contributed by atoms with E-state index in [1.807, 2.05) is 38.2 Å². The number of aromatic nitrogens is 1. The van der Waals surface area contributed by atoms with Crippen LogP contribution in [0.2, 0.25) is 0 Å². The number of halogens is 1. The molecule has 0 unspecified atom stereocenters. The normalized spacial score (nSPS) is 10.6. The minimum Gasteiger partial charge on any atom is -0.439 e. The van der Waals surface area contributed by atoms with Crippen LogP contribution >= 0.6 is 15.9 Å². The molecule has 0 amide bonds. The SMILES string of the molecule is CCc1cc(CNC)cc(Oc2ccc(Br)cc2C)n1. The topological polar surface area (TPSA) is 34.1 Å². The Morgan fingerprint density at radius 2 is 2.05 bits per heavy atom. The minimum absolute atomic E-state index is 0.653. The van der Waals surface area contributed by atoms with Crippen LogP contribution in [0.25, 0.3) is 0 Å². The summed E-state index contributed by atoms with van der Waals surface area (Å²) in [4.78, 5) is 4.53. The zero-order chi connectivity index (χ0) is 14.5. The fourth-order valence-corrected chi connectivity index (χ4v) is 2.48. The number of rotatable bonds is 5. The van der Waals surface area contributed by atoms with E-state index in [0.717, 1.165) is 34.4 Å². The highest BCUT2D eigenvalue weighted by Crippen LogP contribution is 2.27. The second-order valence-corrected chi connectivity index (χ2v) is 5.62. The van der Waals surface area contributed by atoms with Crippen molar-refractivity contribution in [2.45, 2.75) is 26.8 Å². The lowest BCUT2D eigenvalue weighted by Crippen LogP contribution is -2.06. The smallest absolute Gasteiger partial charge is 0.219 e. The molecule has 1 aromatic heterocycles. The monoisotopic (exact) mass is 334 g/mol. The van der Waals surface area contributed by atoms with Crippen LogP contribution in [0.15, 0.2) is 34.8 Å². The first kappa shape index (κ1) is 15.0. The first-order valence-electron chi connectivity index (χ1n) is 6.70. The number of aryl methyl sites for hydroxylation is 2. The summed E-state index contributed by atoms with van der Waals surface area (Å²) >= 11 is 3.46. The maximum absolute atomic E-state index is 5.93. The number of nitrogens with one attached hydrogen (secondary N) is 1. The second-order valence-electron chi connectivity index (χ2n) is 4.70. The molecule has 2 aromatic rings. The van der Waals surface area contributed by atoms with Crippen LogP contribution in [-0.4, -0.2) is 12.0 Å². The predicted molar refractivity (Wildman–Crippen MR) is 85.3 cm³/mol. The van der Waals surface area contributed by atoms with E-state index in [1.54, 1.807) is 0 Å². The first-order valence-corrected chi connectivity index (χ1v) is 7.50. The largest absolute Gasteiger partial charge is 0.439 e. The van der Waals surface area contributed by atoms with Gasteiger partial charge in [0.2, 0.25) is 5.88 Å². The zero-order valence-corrected chi connectivity index (χ0v) is 13.6. The number of hydrogen-bond donors (Lipinski definition) is 1. The van der Waals surface area contributed by atoms with Crippen LogP contribution in [0.3, 0.4) is 0 Å². The van der Waals surface area contributed by atoms with E-state index in [4.69, 9.17) is 4.74 Å². The van der Waals surface area contributed by atoms with Crippen molar-refractivity contribution in [2.24, 2.45) is 0 Å². The van der Waals surface area contributed by atoms with E-state index in [1.165, 1.54) is 5.56 Å². The van der Waals surface area contributed by atoms with Gasteiger partial charge in [-0.05, 0) is 55.8 Å². The third-order valence-electron chi connectivity index (χ3n) is 3.01. The molecule has 0 saturated carbocycles. The lowest BCUT2D eigenvalue weighted by molar-refractivity contribution is 0.456. The fourth-order valence-electron chi connectivity index (χ4n) is 2.00. The van der Waals surface area contributed by atoms with Crippen molar-refractivity contribution >= 4 is 15.9 Å². The summed E-state index contributed by atoms with van der Waals surface area (Å²) in [7, 11) is 1.94. The predicted octanol–water partition coefficient (Wildman–Crippen LogP) is 4.23. The van der Waals surface area contributed by atoms with Gasteiger partial charge >= 0.3 is 0 Å². The van der Waals surface area contributed by atoms with Crippen molar-refractivity contribution in [1.29, 1.82) is 0 Å². The molecule has 0 fully saturated rings. The molecule has 0 aliphatic heterocycles. The van der Waals surface area contributed by atoms with E-state index in [2.05, 4.69) is 39.2 Å². The summed E-state index contributed by atoms with van der Waals surface area (Å²) in [5.41, 5.74) is 3.31. The number of ether oxygens (including phenoxy) is 1. The molecule has 0 atom stereocenters. The molecule has 20 heavy (non-hydrogen) atoms. The molecule has 1 heterocycles. The Morgan fingerprint density at radius 3 is 2.70 bits per heavy atom. The molecule has 0 radical (unpaired) electrons. The standard InChI is InChI=1S/C16H19BrN2O/c1-4-14-8-12(10-18-3)9-16(19-14)20-15-6-5-13(17)7-11(15)2/h5-9,18H,4,10H2,1-3H3. The molecule has 1 aromatic carbocycles. The molecule has 0 spiro atoms. The van der Waals surface area contributed by atoms with Crippen LogP contribution in [0.1, 0.15) is 23.7 Å². The second kappa shape index (κ2) is 6.86. The van der Waals surface area contributed by atoms with Gasteiger partial charge in [0.15, 0.2) is 0 Å². The van der Waals surface area contributed by atoms with Crippen molar-refractivity contribution in [3.8, 4) is 11.6 Å². The van der Waals surface area contributed by atoms with E-state index in [0.29, 0.717) is 5.88 Å². The lowest BCUT2D eigenvalue weighted by Gasteiger charge is -2.11. The highest BCUT2D eigenvalue weighted by atomic mass is 79.9. The Labute approximate surface area is 128 Å². The van der Waals surface area contributed by atoms with Gasteiger partial charge in [-0.3, -0.25) is 0 Å². The number of nitrogens with zero attached hydrogens (tertiary/aromatic N) is 1. The quantitative estimate of drug-likeness (QED) is 0.888. The fraction of sp³-hybridized carbons (Fsp3) is 0.312. The van der Waals surface area contributed by atoms with Crippen molar-refractivity contribution in [1.82, 2.24) is 10.3 Å². The van der Waals surface area contributed by atoms with Crippen LogP contribution in [-0.2, 0) is 13.0 Å². The summed E-state index contributed by atoms with van der Waals surface area (Å²) in [5, 5.41) is 3.16. The molecule has 3 nitrogen and oxygen atoms in total. The Bertz CT molecular complexity index is 599. The molecule has 1 N–H and O–H groups in total. The van der Waals surface area contributed by atoms with Crippen molar-refractivity contribution in [2.75, 3.05) is 7.05 Å². The zero-order valence-electron chi connectivity index (χ0n) is 12.0. The number of pyridine rings is 1. The summed E-state index contributed by atoms with van der Waals surface area (Å²) in [6.45, 7) is 4.93. The molecule has 0 aliphatic carbocycles. The van der Waals surface area contributed by atoms with Crippen LogP contribution < -0.4 is 10.1 Å². The third-order valence-corrected chi connectivity index (χ3v) is 3.50. The van der Waals surface area contributed by atoms with Crippen molar-refractivity contribution in [3.05, 3.63) is 51.6 Å². The van der Waals surface area contributed by atoms with E-state index in [9.17, 15) is 0 Å². The Balaban J connectivity index is 2.29. The van der Waals surface area contributed by atoms with E-state index >= 15 is 0 Å². The van der Waals surface area contributed by atoms with Gasteiger partial charge in [0.05, 0.1) is 0 Å². The average molecular weight is 335 g/mol. The molecule has 0 aliphatic rings. The van der Waals surface area contributed by atoms with Crippen LogP contribution in [0, 0.1) is 6.92 Å². The molecule has 0 saturated heterocycles.